The number of hydrogen-bond donors (Lipinski definition) is 2. The van der Waals surface area contributed by atoms with Gasteiger partial charge in [-0.2, -0.15) is 13.2 Å². The molecule has 2 aromatic heterocycles. The van der Waals surface area contributed by atoms with Crippen LogP contribution in [0.15, 0.2) is 30.6 Å². The minimum Gasteiger partial charge on any atom is -0.492 e. The summed E-state index contributed by atoms with van der Waals surface area (Å²) in [7, 11) is 0. The molecular formula is C26H25F5N6O3. The SMILES string of the molecule is O=C1C[C@@H](n2cnc3cc(OCCN4CCC5(CC4)C(=O)Nc4ccc(C(F)F)nc45)cc(C(F)(F)F)c32)CN1. The van der Waals surface area contributed by atoms with Crippen molar-refractivity contribution in [2.45, 2.75) is 43.3 Å². The van der Waals surface area contributed by atoms with Crippen molar-refractivity contribution in [1.82, 2.24) is 24.8 Å². The van der Waals surface area contributed by atoms with E-state index in [0.717, 1.165) is 6.07 Å². The fourth-order valence-electron chi connectivity index (χ4n) is 5.83. The summed E-state index contributed by atoms with van der Waals surface area (Å²) in [5, 5.41) is 5.38. The van der Waals surface area contributed by atoms with E-state index < -0.39 is 29.6 Å². The molecule has 1 atom stereocenters. The molecule has 3 aliphatic heterocycles. The number of halogens is 5. The number of imidazole rings is 1. The molecule has 212 valence electrons. The average molecular weight is 565 g/mol. The maximum atomic E-state index is 14.0. The highest BCUT2D eigenvalue weighted by molar-refractivity contribution is 6.05. The summed E-state index contributed by atoms with van der Waals surface area (Å²) in [4.78, 5) is 34.7. The van der Waals surface area contributed by atoms with Gasteiger partial charge in [0.2, 0.25) is 11.8 Å². The maximum absolute atomic E-state index is 14.0. The van der Waals surface area contributed by atoms with Crippen LogP contribution >= 0.6 is 0 Å². The van der Waals surface area contributed by atoms with Crippen molar-refractivity contribution < 1.29 is 36.3 Å². The second kappa shape index (κ2) is 9.68. The van der Waals surface area contributed by atoms with Gasteiger partial charge in [0.25, 0.3) is 6.43 Å². The molecule has 3 aromatic rings. The third-order valence-electron chi connectivity index (χ3n) is 7.96. The van der Waals surface area contributed by atoms with E-state index in [9.17, 15) is 31.5 Å². The Hall–Kier alpha value is -3.81. The summed E-state index contributed by atoms with van der Waals surface area (Å²) in [6.07, 6.45) is -5.28. The number of hydrogen-bond acceptors (Lipinski definition) is 6. The van der Waals surface area contributed by atoms with Gasteiger partial charge >= 0.3 is 6.18 Å². The lowest BCUT2D eigenvalue weighted by Gasteiger charge is -2.37. The van der Waals surface area contributed by atoms with E-state index in [-0.39, 0.29) is 53.9 Å². The molecule has 2 N–H and O–H groups in total. The number of carbonyl (C=O) groups is 2. The Morgan fingerprint density at radius 2 is 1.93 bits per heavy atom. The highest BCUT2D eigenvalue weighted by atomic mass is 19.4. The molecule has 3 aliphatic rings. The predicted octanol–water partition coefficient (Wildman–Crippen LogP) is 3.81. The summed E-state index contributed by atoms with van der Waals surface area (Å²) in [5.74, 6) is -0.467. The van der Waals surface area contributed by atoms with Gasteiger partial charge in [0.1, 0.15) is 18.1 Å². The van der Waals surface area contributed by atoms with E-state index in [2.05, 4.69) is 20.6 Å². The minimum atomic E-state index is -4.66. The number of nitrogens with one attached hydrogen (secondary N) is 2. The molecule has 0 bridgehead atoms. The molecule has 14 heteroatoms. The van der Waals surface area contributed by atoms with Crippen LogP contribution < -0.4 is 15.4 Å². The number of ether oxygens (including phenoxy) is 1. The molecule has 1 aromatic carbocycles. The number of rotatable bonds is 6. The van der Waals surface area contributed by atoms with Gasteiger partial charge in [0, 0.05) is 25.6 Å². The number of aromatic nitrogens is 3. The summed E-state index contributed by atoms with van der Waals surface area (Å²) in [6.45, 7) is 1.63. The number of alkyl halides is 5. The van der Waals surface area contributed by atoms with Gasteiger partial charge in [-0.05, 0) is 44.1 Å². The topological polar surface area (TPSA) is 101 Å². The van der Waals surface area contributed by atoms with Crippen LogP contribution in [-0.2, 0) is 21.2 Å². The Kier molecular flexibility index (Phi) is 6.39. The first-order chi connectivity index (χ1) is 19.0. The number of amides is 2. The van der Waals surface area contributed by atoms with Crippen molar-refractivity contribution in [1.29, 1.82) is 0 Å². The zero-order valence-electron chi connectivity index (χ0n) is 21.1. The number of piperidine rings is 1. The van der Waals surface area contributed by atoms with E-state index in [1.165, 1.54) is 29.1 Å². The number of nitrogens with zero attached hydrogens (tertiary/aromatic N) is 4. The van der Waals surface area contributed by atoms with E-state index in [0.29, 0.717) is 43.9 Å². The molecule has 5 heterocycles. The summed E-state index contributed by atoms with van der Waals surface area (Å²) in [5.41, 5.74) is -1.44. The Morgan fingerprint density at radius 1 is 1.15 bits per heavy atom. The lowest BCUT2D eigenvalue weighted by molar-refractivity contribution is -0.136. The highest BCUT2D eigenvalue weighted by Gasteiger charge is 2.50. The number of anilines is 1. The standard InChI is InChI=1S/C26H25F5N6O3/c27-23(28)18-2-1-17-22(34-18)25(24(39)35-17)3-5-36(6-4-25)7-8-40-15-10-16(26(29,30)31)21-19(11-15)33-13-37(21)14-9-20(38)32-12-14/h1-2,10-11,13-14,23H,3-9,12H2,(H,32,38)(H,35,39)/t14-/m1/s1. The van der Waals surface area contributed by atoms with Gasteiger partial charge in [-0.3, -0.25) is 14.5 Å². The van der Waals surface area contributed by atoms with Crippen LogP contribution in [0.5, 0.6) is 5.75 Å². The van der Waals surface area contributed by atoms with Crippen molar-refractivity contribution in [2.24, 2.45) is 0 Å². The van der Waals surface area contributed by atoms with Crippen molar-refractivity contribution in [3.05, 3.63) is 47.5 Å². The van der Waals surface area contributed by atoms with Crippen LogP contribution in [0.3, 0.4) is 0 Å². The summed E-state index contributed by atoms with van der Waals surface area (Å²) in [6, 6.07) is 4.59. The molecule has 2 fully saturated rings. The normalized spacial score (nSPS) is 20.8. The minimum absolute atomic E-state index is 0.0204. The molecule has 0 saturated carbocycles. The number of carbonyl (C=O) groups excluding carboxylic acids is 2. The second-order valence-electron chi connectivity index (χ2n) is 10.3. The largest absolute Gasteiger partial charge is 0.492 e. The van der Waals surface area contributed by atoms with Gasteiger partial charge in [-0.25, -0.2) is 18.7 Å². The molecule has 9 nitrogen and oxygen atoms in total. The lowest BCUT2D eigenvalue weighted by atomic mass is 9.76. The fraction of sp³-hybridized carbons (Fsp3) is 0.462. The van der Waals surface area contributed by atoms with Crippen molar-refractivity contribution in [3.63, 3.8) is 0 Å². The third-order valence-corrected chi connectivity index (χ3v) is 7.96. The number of benzene rings is 1. The van der Waals surface area contributed by atoms with Crippen LogP contribution in [-0.4, -0.2) is 64.0 Å². The van der Waals surface area contributed by atoms with Gasteiger partial charge in [-0.15, -0.1) is 0 Å². The Balaban J connectivity index is 1.13. The lowest BCUT2D eigenvalue weighted by Crippen LogP contribution is -2.47. The van der Waals surface area contributed by atoms with Crippen molar-refractivity contribution in [3.8, 4) is 5.75 Å². The zero-order chi connectivity index (χ0) is 28.2. The van der Waals surface area contributed by atoms with Gasteiger partial charge in [0.15, 0.2) is 0 Å². The van der Waals surface area contributed by atoms with Crippen LogP contribution in [0.1, 0.15) is 48.7 Å². The molecular weight excluding hydrogens is 539 g/mol. The molecule has 1 spiro atoms. The van der Waals surface area contributed by atoms with Crippen LogP contribution in [0.4, 0.5) is 27.6 Å². The molecule has 40 heavy (non-hydrogen) atoms. The van der Waals surface area contributed by atoms with Gasteiger partial charge in [0.05, 0.1) is 45.8 Å². The highest BCUT2D eigenvalue weighted by Crippen LogP contribution is 2.44. The van der Waals surface area contributed by atoms with E-state index >= 15 is 0 Å². The zero-order valence-corrected chi connectivity index (χ0v) is 21.1. The first kappa shape index (κ1) is 26.4. The molecule has 0 radical (unpaired) electrons. The van der Waals surface area contributed by atoms with Crippen LogP contribution in [0.2, 0.25) is 0 Å². The Labute approximate surface area is 224 Å². The van der Waals surface area contributed by atoms with E-state index in [1.807, 2.05) is 4.90 Å². The third kappa shape index (κ3) is 4.53. The van der Waals surface area contributed by atoms with Crippen LogP contribution in [0.25, 0.3) is 11.0 Å². The Bertz CT molecular complexity index is 1480. The van der Waals surface area contributed by atoms with Gasteiger partial charge in [-0.1, -0.05) is 0 Å². The first-order valence-electron chi connectivity index (χ1n) is 12.9. The molecule has 6 rings (SSSR count). The maximum Gasteiger partial charge on any atom is 0.418 e. The quantitative estimate of drug-likeness (QED) is 0.442. The Morgan fingerprint density at radius 3 is 2.60 bits per heavy atom. The fourth-order valence-corrected chi connectivity index (χ4v) is 5.83. The average Bonchev–Trinajstić information content (AvgIpc) is 3.60. The van der Waals surface area contributed by atoms with Crippen molar-refractivity contribution >= 4 is 28.5 Å². The van der Waals surface area contributed by atoms with Crippen LogP contribution in [0, 0.1) is 0 Å². The van der Waals surface area contributed by atoms with E-state index in [4.69, 9.17) is 4.74 Å². The van der Waals surface area contributed by atoms with Gasteiger partial charge < -0.3 is 19.9 Å². The summed E-state index contributed by atoms with van der Waals surface area (Å²) < 4.78 is 75.6. The monoisotopic (exact) mass is 564 g/mol. The molecule has 0 unspecified atom stereocenters. The number of pyridine rings is 1. The summed E-state index contributed by atoms with van der Waals surface area (Å²) >= 11 is 0. The first-order valence-corrected chi connectivity index (χ1v) is 12.9. The molecule has 0 aliphatic carbocycles. The second-order valence-corrected chi connectivity index (χ2v) is 10.3. The number of likely N-dealkylation sites (tertiary alicyclic amines) is 1. The smallest absolute Gasteiger partial charge is 0.418 e. The van der Waals surface area contributed by atoms with E-state index in [1.54, 1.807) is 0 Å². The molecule has 2 saturated heterocycles. The number of fused-ring (bicyclic) bond motifs is 3. The van der Waals surface area contributed by atoms with Crippen molar-refractivity contribution in [2.75, 3.05) is 38.1 Å². The predicted molar refractivity (Wildman–Crippen MR) is 132 cm³/mol. The molecule has 2 amide bonds.